The first-order valence-corrected chi connectivity index (χ1v) is 10.8. The standard InChI is InChI=1S/C23H30N6O5/c1-15(2)13-29-20(24)19(21(30)26-23(29)32)28(11-12-33-4)22(31)16-5-7-17(8-6-16)34-14-18-25-9-10-27(18)3/h5-10,15H,11-14,24H2,1-4H3,(H,26,30,32). The summed E-state index contributed by atoms with van der Waals surface area (Å²) in [5, 5.41) is 0. The van der Waals surface area contributed by atoms with Crippen molar-refractivity contribution in [2.75, 3.05) is 30.9 Å². The maximum Gasteiger partial charge on any atom is 0.330 e. The molecule has 0 aliphatic rings. The van der Waals surface area contributed by atoms with Gasteiger partial charge in [-0.05, 0) is 30.2 Å². The van der Waals surface area contributed by atoms with Crippen LogP contribution in [-0.2, 0) is 24.9 Å². The van der Waals surface area contributed by atoms with Crippen molar-refractivity contribution in [1.29, 1.82) is 0 Å². The molecule has 0 atom stereocenters. The Morgan fingerprint density at radius 2 is 1.94 bits per heavy atom. The molecule has 1 aromatic carbocycles. The first-order valence-electron chi connectivity index (χ1n) is 10.8. The van der Waals surface area contributed by atoms with Crippen LogP contribution >= 0.6 is 0 Å². The Hall–Kier alpha value is -3.86. The predicted octanol–water partition coefficient (Wildman–Crippen LogP) is 1.38. The molecule has 0 radical (unpaired) electrons. The van der Waals surface area contributed by atoms with Crippen LogP contribution in [0, 0.1) is 5.92 Å². The molecule has 3 aromatic rings. The Kier molecular flexibility index (Phi) is 7.90. The average Bonchev–Trinajstić information content (AvgIpc) is 3.21. The van der Waals surface area contributed by atoms with Crippen molar-refractivity contribution in [1.82, 2.24) is 19.1 Å². The predicted molar refractivity (Wildman–Crippen MR) is 128 cm³/mol. The third-order valence-corrected chi connectivity index (χ3v) is 5.19. The number of aromatic amines is 1. The highest BCUT2D eigenvalue weighted by Gasteiger charge is 2.25. The summed E-state index contributed by atoms with van der Waals surface area (Å²) in [4.78, 5) is 46.1. The third-order valence-electron chi connectivity index (χ3n) is 5.19. The van der Waals surface area contributed by atoms with Gasteiger partial charge >= 0.3 is 5.69 Å². The highest BCUT2D eigenvalue weighted by atomic mass is 16.5. The van der Waals surface area contributed by atoms with E-state index in [2.05, 4.69) is 9.97 Å². The second-order valence-corrected chi connectivity index (χ2v) is 8.21. The monoisotopic (exact) mass is 470 g/mol. The molecule has 0 saturated carbocycles. The van der Waals surface area contributed by atoms with Gasteiger partial charge in [0.05, 0.1) is 6.61 Å². The van der Waals surface area contributed by atoms with E-state index >= 15 is 0 Å². The lowest BCUT2D eigenvalue weighted by atomic mass is 10.1. The van der Waals surface area contributed by atoms with Crippen LogP contribution < -0.4 is 26.6 Å². The average molecular weight is 471 g/mol. The van der Waals surface area contributed by atoms with Gasteiger partial charge in [0.1, 0.15) is 24.0 Å². The molecular formula is C23H30N6O5. The van der Waals surface area contributed by atoms with Crippen molar-refractivity contribution in [3.63, 3.8) is 0 Å². The number of carbonyl (C=O) groups is 1. The van der Waals surface area contributed by atoms with E-state index < -0.39 is 17.2 Å². The Labute approximate surface area is 196 Å². The molecule has 2 heterocycles. The van der Waals surface area contributed by atoms with Gasteiger partial charge in [-0.1, -0.05) is 13.8 Å². The van der Waals surface area contributed by atoms with E-state index in [0.29, 0.717) is 17.9 Å². The number of nitrogen functional groups attached to an aromatic ring is 1. The Bertz CT molecular complexity index is 1240. The second-order valence-electron chi connectivity index (χ2n) is 8.21. The summed E-state index contributed by atoms with van der Waals surface area (Å²) in [7, 11) is 3.36. The number of hydrogen-bond acceptors (Lipinski definition) is 7. The van der Waals surface area contributed by atoms with Gasteiger partial charge in [-0.15, -0.1) is 0 Å². The fraction of sp³-hybridized carbons (Fsp3) is 0.391. The molecule has 0 aliphatic carbocycles. The first-order chi connectivity index (χ1) is 16.2. The van der Waals surface area contributed by atoms with Crippen molar-refractivity contribution < 1.29 is 14.3 Å². The normalized spacial score (nSPS) is 11.1. The molecule has 3 rings (SSSR count). The SMILES string of the molecule is COCCN(C(=O)c1ccc(OCc2nccn2C)cc1)c1c(N)n(CC(C)C)c(=O)[nH]c1=O. The number of H-pyrrole nitrogens is 1. The molecule has 0 spiro atoms. The summed E-state index contributed by atoms with van der Waals surface area (Å²) in [6.45, 7) is 4.64. The van der Waals surface area contributed by atoms with Gasteiger partial charge in [-0.2, -0.15) is 0 Å². The van der Waals surface area contributed by atoms with Crippen LogP contribution in [0.25, 0.3) is 0 Å². The summed E-state index contributed by atoms with van der Waals surface area (Å²) in [5.74, 6) is 0.893. The van der Waals surface area contributed by atoms with Crippen LogP contribution in [0.1, 0.15) is 30.0 Å². The van der Waals surface area contributed by atoms with Crippen LogP contribution in [0.2, 0.25) is 0 Å². The van der Waals surface area contributed by atoms with E-state index in [1.54, 1.807) is 30.5 Å². The summed E-state index contributed by atoms with van der Waals surface area (Å²) in [6.07, 6.45) is 3.51. The molecule has 0 bridgehead atoms. The van der Waals surface area contributed by atoms with Gasteiger partial charge in [0.15, 0.2) is 5.69 Å². The van der Waals surface area contributed by atoms with Crippen molar-refractivity contribution in [2.24, 2.45) is 13.0 Å². The minimum atomic E-state index is -0.734. The number of methoxy groups -OCH3 is 1. The topological polar surface area (TPSA) is 137 Å². The summed E-state index contributed by atoms with van der Waals surface area (Å²) < 4.78 is 14.0. The van der Waals surface area contributed by atoms with E-state index in [1.807, 2.05) is 31.7 Å². The third kappa shape index (κ3) is 5.54. The summed E-state index contributed by atoms with van der Waals surface area (Å²) in [5.41, 5.74) is 5.11. The van der Waals surface area contributed by atoms with Gasteiger partial charge in [0.2, 0.25) is 0 Å². The lowest BCUT2D eigenvalue weighted by molar-refractivity contribution is 0.0975. The zero-order valence-electron chi connectivity index (χ0n) is 19.8. The van der Waals surface area contributed by atoms with Crippen LogP contribution in [0.15, 0.2) is 46.2 Å². The van der Waals surface area contributed by atoms with Crippen LogP contribution in [0.3, 0.4) is 0 Å². The first kappa shape index (κ1) is 24.8. The smallest absolute Gasteiger partial charge is 0.330 e. The van der Waals surface area contributed by atoms with Gasteiger partial charge in [-0.25, -0.2) is 9.78 Å². The number of nitrogens with two attached hydrogens (primary N) is 1. The molecule has 11 heteroatoms. The number of amides is 1. The lowest BCUT2D eigenvalue weighted by Gasteiger charge is -2.25. The Morgan fingerprint density at radius 1 is 1.24 bits per heavy atom. The summed E-state index contributed by atoms with van der Waals surface area (Å²) in [6, 6.07) is 6.53. The van der Waals surface area contributed by atoms with Crippen molar-refractivity contribution in [2.45, 2.75) is 27.0 Å². The molecule has 0 aliphatic heterocycles. The van der Waals surface area contributed by atoms with Crippen LogP contribution in [-0.4, -0.2) is 45.3 Å². The van der Waals surface area contributed by atoms with E-state index in [9.17, 15) is 14.4 Å². The molecule has 0 fully saturated rings. The van der Waals surface area contributed by atoms with Gasteiger partial charge in [-0.3, -0.25) is 24.0 Å². The van der Waals surface area contributed by atoms with Gasteiger partial charge < -0.3 is 19.8 Å². The molecule has 3 N–H and O–H groups in total. The van der Waals surface area contributed by atoms with E-state index in [4.69, 9.17) is 15.2 Å². The summed E-state index contributed by atoms with van der Waals surface area (Å²) >= 11 is 0. The van der Waals surface area contributed by atoms with Crippen molar-refractivity contribution in [3.05, 3.63) is 68.9 Å². The minimum absolute atomic E-state index is 0.0677. The van der Waals surface area contributed by atoms with Crippen molar-refractivity contribution in [3.8, 4) is 5.75 Å². The number of nitrogens with one attached hydrogen (secondary N) is 1. The van der Waals surface area contributed by atoms with E-state index in [1.165, 1.54) is 16.6 Å². The molecule has 11 nitrogen and oxygen atoms in total. The zero-order chi connectivity index (χ0) is 24.8. The Balaban J connectivity index is 1.90. The fourth-order valence-corrected chi connectivity index (χ4v) is 3.42. The van der Waals surface area contributed by atoms with Gasteiger partial charge in [0, 0.05) is 45.2 Å². The number of aryl methyl sites for hydroxylation is 1. The molecule has 1 amide bonds. The number of carbonyl (C=O) groups excluding carboxylic acids is 1. The quantitative estimate of drug-likeness (QED) is 0.457. The van der Waals surface area contributed by atoms with Crippen molar-refractivity contribution >= 4 is 17.4 Å². The number of imidazole rings is 1. The second kappa shape index (κ2) is 10.8. The Morgan fingerprint density at radius 3 is 2.53 bits per heavy atom. The zero-order valence-corrected chi connectivity index (χ0v) is 19.8. The molecular weight excluding hydrogens is 440 g/mol. The number of aromatic nitrogens is 4. The van der Waals surface area contributed by atoms with E-state index in [-0.39, 0.29) is 37.2 Å². The molecule has 0 saturated heterocycles. The maximum atomic E-state index is 13.4. The highest BCUT2D eigenvalue weighted by Crippen LogP contribution is 2.21. The van der Waals surface area contributed by atoms with E-state index in [0.717, 1.165) is 5.82 Å². The van der Waals surface area contributed by atoms with Crippen LogP contribution in [0.5, 0.6) is 5.75 Å². The largest absolute Gasteiger partial charge is 0.486 e. The lowest BCUT2D eigenvalue weighted by Crippen LogP contribution is -2.42. The number of hydrogen-bond donors (Lipinski definition) is 2. The number of nitrogens with zero attached hydrogens (tertiary/aromatic N) is 4. The minimum Gasteiger partial charge on any atom is -0.486 e. The number of benzene rings is 1. The number of rotatable bonds is 10. The maximum absolute atomic E-state index is 13.4. The van der Waals surface area contributed by atoms with Crippen LogP contribution in [0.4, 0.5) is 11.5 Å². The highest BCUT2D eigenvalue weighted by molar-refractivity contribution is 6.07. The molecule has 34 heavy (non-hydrogen) atoms. The number of ether oxygens (including phenoxy) is 2. The molecule has 0 unspecified atom stereocenters. The van der Waals surface area contributed by atoms with Gasteiger partial charge in [0.25, 0.3) is 11.5 Å². The molecule has 182 valence electrons. The number of anilines is 2. The fourth-order valence-electron chi connectivity index (χ4n) is 3.42. The molecule has 2 aromatic heterocycles.